The molecule has 0 bridgehead atoms. The molecule has 1 aliphatic rings. The zero-order valence-corrected chi connectivity index (χ0v) is 9.38. The number of halogens is 4. The fourth-order valence-electron chi connectivity index (χ4n) is 1.28. The van der Waals surface area contributed by atoms with Crippen LogP contribution < -0.4 is 0 Å². The van der Waals surface area contributed by atoms with Gasteiger partial charge in [-0.25, -0.2) is 0 Å². The molecule has 2 unspecified atom stereocenters. The average molecular weight is 287 g/mol. The molecule has 1 rings (SSSR count). The zero-order chi connectivity index (χ0) is 11.5. The predicted molar refractivity (Wildman–Crippen MR) is 50.6 cm³/mol. The van der Waals surface area contributed by atoms with Gasteiger partial charge in [0.15, 0.2) is 6.10 Å². The Kier molecular flexibility index (Phi) is 4.37. The molecule has 0 aromatic rings. The van der Waals surface area contributed by atoms with Gasteiger partial charge in [0.2, 0.25) is 0 Å². The molecule has 0 saturated carbocycles. The maximum absolute atomic E-state index is 12.2. The molecular weight excluding hydrogens is 277 g/mol. The summed E-state index contributed by atoms with van der Waals surface area (Å²) in [6, 6.07) is 1.89. The highest BCUT2D eigenvalue weighted by atomic mass is 79.9. The highest BCUT2D eigenvalue weighted by Crippen LogP contribution is 2.27. The van der Waals surface area contributed by atoms with Crippen LogP contribution in [0.15, 0.2) is 0 Å². The Hall–Kier alpha value is -0.320. The lowest BCUT2D eigenvalue weighted by Crippen LogP contribution is -2.46. The van der Waals surface area contributed by atoms with Gasteiger partial charge < -0.3 is 4.74 Å². The number of nitriles is 1. The smallest absolute Gasteiger partial charge is 0.361 e. The summed E-state index contributed by atoms with van der Waals surface area (Å²) in [7, 11) is 0. The van der Waals surface area contributed by atoms with Crippen molar-refractivity contribution in [3.8, 4) is 6.07 Å². The fraction of sp³-hybridized carbons (Fsp3) is 0.875. The number of ether oxygens (including phenoxy) is 1. The first-order valence-corrected chi connectivity index (χ1v) is 5.29. The van der Waals surface area contributed by atoms with E-state index in [4.69, 9.17) is 10.00 Å². The van der Waals surface area contributed by atoms with Crippen LogP contribution >= 0.6 is 15.9 Å². The summed E-state index contributed by atoms with van der Waals surface area (Å²) < 4.78 is 41.7. The van der Waals surface area contributed by atoms with Crippen LogP contribution in [0.5, 0.6) is 0 Å². The van der Waals surface area contributed by atoms with Crippen LogP contribution in [0.3, 0.4) is 0 Å². The van der Waals surface area contributed by atoms with E-state index in [1.54, 1.807) is 4.90 Å². The van der Waals surface area contributed by atoms with E-state index in [9.17, 15) is 13.2 Å². The van der Waals surface area contributed by atoms with E-state index in [2.05, 4.69) is 15.9 Å². The Morgan fingerprint density at radius 3 is 2.80 bits per heavy atom. The van der Waals surface area contributed by atoms with Crippen molar-refractivity contribution < 1.29 is 17.9 Å². The van der Waals surface area contributed by atoms with Gasteiger partial charge in [-0.2, -0.15) is 18.4 Å². The second-order valence-corrected chi connectivity index (χ2v) is 4.36. The third kappa shape index (κ3) is 3.97. The van der Waals surface area contributed by atoms with Crippen LogP contribution in [0, 0.1) is 11.3 Å². The number of morpholine rings is 1. The summed E-state index contributed by atoms with van der Waals surface area (Å²) in [5, 5.41) is 8.57. The summed E-state index contributed by atoms with van der Waals surface area (Å²) in [5.41, 5.74) is 0. The van der Waals surface area contributed by atoms with Gasteiger partial charge in [0, 0.05) is 19.6 Å². The molecule has 1 saturated heterocycles. The normalized spacial score (nSPS) is 25.9. The third-order valence-electron chi connectivity index (χ3n) is 2.07. The van der Waals surface area contributed by atoms with E-state index in [1.807, 2.05) is 6.07 Å². The van der Waals surface area contributed by atoms with Gasteiger partial charge >= 0.3 is 6.18 Å². The van der Waals surface area contributed by atoms with Crippen molar-refractivity contribution in [2.24, 2.45) is 0 Å². The lowest BCUT2D eigenvalue weighted by Gasteiger charge is -2.31. The van der Waals surface area contributed by atoms with E-state index in [1.165, 1.54) is 0 Å². The van der Waals surface area contributed by atoms with Crippen LogP contribution in [-0.2, 0) is 4.74 Å². The maximum Gasteiger partial charge on any atom is 0.402 e. The number of rotatable bonds is 2. The highest BCUT2D eigenvalue weighted by Gasteiger charge is 2.39. The fourth-order valence-corrected chi connectivity index (χ4v) is 1.69. The Balaban J connectivity index is 2.42. The second kappa shape index (κ2) is 5.14. The Bertz CT molecular complexity index is 253. The van der Waals surface area contributed by atoms with Crippen LogP contribution in [0.2, 0.25) is 0 Å². The van der Waals surface area contributed by atoms with Gasteiger partial charge in [0.05, 0.1) is 12.7 Å². The minimum Gasteiger partial charge on any atom is -0.361 e. The summed E-state index contributed by atoms with van der Waals surface area (Å²) in [6.45, 7) is 0.811. The molecule has 0 amide bonds. The molecule has 1 heterocycles. The molecule has 0 aromatic heterocycles. The van der Waals surface area contributed by atoms with Crippen molar-refractivity contribution >= 4 is 15.9 Å². The molecule has 0 aromatic carbocycles. The highest BCUT2D eigenvalue weighted by molar-refractivity contribution is 9.09. The van der Waals surface area contributed by atoms with Crippen molar-refractivity contribution in [1.29, 1.82) is 5.26 Å². The lowest BCUT2D eigenvalue weighted by molar-refractivity contribution is -0.133. The number of hydrogen-bond acceptors (Lipinski definition) is 3. The maximum atomic E-state index is 12.2. The largest absolute Gasteiger partial charge is 0.402 e. The number of nitrogens with zero attached hydrogens (tertiary/aromatic N) is 2. The molecule has 15 heavy (non-hydrogen) atoms. The Morgan fingerprint density at radius 2 is 2.27 bits per heavy atom. The van der Waals surface area contributed by atoms with Gasteiger partial charge in [0.1, 0.15) is 4.83 Å². The van der Waals surface area contributed by atoms with E-state index in [-0.39, 0.29) is 13.1 Å². The van der Waals surface area contributed by atoms with Crippen LogP contribution in [0.1, 0.15) is 0 Å². The third-order valence-corrected chi connectivity index (χ3v) is 2.88. The lowest BCUT2D eigenvalue weighted by atomic mass is 10.2. The molecule has 0 aliphatic carbocycles. The molecule has 86 valence electrons. The SMILES string of the molecule is N#CC1CN(CC(Br)C(F)(F)F)CCO1. The molecule has 3 nitrogen and oxygen atoms in total. The van der Waals surface area contributed by atoms with Crippen molar-refractivity contribution in [3.63, 3.8) is 0 Å². The quantitative estimate of drug-likeness (QED) is 0.723. The minimum absolute atomic E-state index is 0.148. The van der Waals surface area contributed by atoms with Crippen LogP contribution in [0.4, 0.5) is 13.2 Å². The van der Waals surface area contributed by atoms with Crippen LogP contribution in [-0.4, -0.2) is 48.2 Å². The molecule has 7 heteroatoms. The molecule has 0 radical (unpaired) electrons. The molecule has 1 aliphatic heterocycles. The van der Waals surface area contributed by atoms with Gasteiger partial charge in [-0.3, -0.25) is 4.90 Å². The number of alkyl halides is 4. The summed E-state index contributed by atoms with van der Waals surface area (Å²) in [4.78, 5) is 0.0204. The standard InChI is InChI=1S/C8H10BrF3N2O/c9-7(8(10,11)12)5-14-1-2-15-6(3-13)4-14/h6-7H,1-2,4-5H2. The van der Waals surface area contributed by atoms with Crippen molar-refractivity contribution in [2.75, 3.05) is 26.2 Å². The molecule has 0 spiro atoms. The zero-order valence-electron chi connectivity index (χ0n) is 7.80. The Labute approximate surface area is 93.9 Å². The first-order chi connectivity index (χ1) is 6.93. The predicted octanol–water partition coefficient (Wildman–Crippen LogP) is 1.54. The summed E-state index contributed by atoms with van der Waals surface area (Å²) in [6.07, 6.45) is -4.87. The van der Waals surface area contributed by atoms with Gasteiger partial charge in [-0.15, -0.1) is 0 Å². The first kappa shape index (κ1) is 12.7. The summed E-state index contributed by atoms with van der Waals surface area (Å²) in [5.74, 6) is 0. The van der Waals surface area contributed by atoms with Gasteiger partial charge in [-0.05, 0) is 0 Å². The monoisotopic (exact) mass is 286 g/mol. The second-order valence-electron chi connectivity index (χ2n) is 3.26. The van der Waals surface area contributed by atoms with E-state index < -0.39 is 17.1 Å². The van der Waals surface area contributed by atoms with Gasteiger partial charge in [0.25, 0.3) is 0 Å². The summed E-state index contributed by atoms with van der Waals surface area (Å²) >= 11 is 2.59. The number of hydrogen-bond donors (Lipinski definition) is 0. The van der Waals surface area contributed by atoms with Crippen molar-refractivity contribution in [3.05, 3.63) is 0 Å². The van der Waals surface area contributed by atoms with E-state index in [0.29, 0.717) is 13.2 Å². The molecule has 1 fully saturated rings. The topological polar surface area (TPSA) is 36.3 Å². The molecule has 0 N–H and O–H groups in total. The van der Waals surface area contributed by atoms with E-state index in [0.717, 1.165) is 0 Å². The van der Waals surface area contributed by atoms with Crippen LogP contribution in [0.25, 0.3) is 0 Å². The van der Waals surface area contributed by atoms with Crippen molar-refractivity contribution in [2.45, 2.75) is 17.1 Å². The first-order valence-electron chi connectivity index (χ1n) is 4.38. The van der Waals surface area contributed by atoms with Crippen molar-refractivity contribution in [1.82, 2.24) is 4.90 Å². The average Bonchev–Trinajstić information content (AvgIpc) is 2.16. The van der Waals surface area contributed by atoms with Gasteiger partial charge in [-0.1, -0.05) is 15.9 Å². The molecule has 2 atom stereocenters. The minimum atomic E-state index is -4.25. The Morgan fingerprint density at radius 1 is 1.60 bits per heavy atom. The van der Waals surface area contributed by atoms with E-state index >= 15 is 0 Å². The molecular formula is C8H10BrF3N2O.